The third-order valence-corrected chi connectivity index (χ3v) is 18.7. The van der Waals surface area contributed by atoms with Crippen molar-refractivity contribution in [3.05, 3.63) is 134 Å². The van der Waals surface area contributed by atoms with E-state index in [0.717, 1.165) is 166 Å². The molecule has 2 aromatic carbocycles. The number of ether oxygens (including phenoxy) is 7. The number of nitrogens with zero attached hydrogens (tertiary/aromatic N) is 18. The van der Waals surface area contributed by atoms with Crippen LogP contribution in [-0.2, 0) is 46.1 Å². The van der Waals surface area contributed by atoms with Gasteiger partial charge in [0.25, 0.3) is 0 Å². The van der Waals surface area contributed by atoms with Crippen molar-refractivity contribution in [2.24, 2.45) is 0 Å². The van der Waals surface area contributed by atoms with E-state index >= 15 is 0 Å². The van der Waals surface area contributed by atoms with Crippen LogP contribution in [0.15, 0.2) is 123 Å². The highest BCUT2D eigenvalue weighted by molar-refractivity contribution is 5.90. The Balaban J connectivity index is 0.000000145. The van der Waals surface area contributed by atoms with Gasteiger partial charge in [-0.25, -0.2) is 58.3 Å². The van der Waals surface area contributed by atoms with Crippen LogP contribution in [-0.4, -0.2) is 231 Å². The van der Waals surface area contributed by atoms with Gasteiger partial charge in [-0.3, -0.25) is 20.5 Å². The lowest BCUT2D eigenvalue weighted by atomic mass is 10.0. The fourth-order valence-electron chi connectivity index (χ4n) is 13.1. The molecule has 0 saturated carbocycles. The predicted molar refractivity (Wildman–Crippen MR) is 379 cm³/mol. The number of hydrogen-bond acceptors (Lipinski definition) is 25. The maximum absolute atomic E-state index is 11.6. The molecule has 0 radical (unpaired) electrons. The van der Waals surface area contributed by atoms with Gasteiger partial charge in [-0.05, 0) is 112 Å². The van der Waals surface area contributed by atoms with Crippen LogP contribution in [0, 0.1) is 0 Å². The van der Waals surface area contributed by atoms with Gasteiger partial charge in [0.1, 0.15) is 17.5 Å². The second-order valence-electron chi connectivity index (χ2n) is 24.8. The van der Waals surface area contributed by atoms with Gasteiger partial charge in [0.2, 0.25) is 0 Å². The number of nitrogens with one attached hydrogen (secondary N) is 3. The molecule has 5 aliphatic rings. The first kappa shape index (κ1) is 70.1. The summed E-state index contributed by atoms with van der Waals surface area (Å²) >= 11 is 0. The number of methoxy groups -OCH3 is 5. The van der Waals surface area contributed by atoms with Crippen LogP contribution in [0.2, 0.25) is 0 Å². The maximum atomic E-state index is 11.6. The first-order valence-electron chi connectivity index (χ1n) is 34.0. The Kier molecular flexibility index (Phi) is 23.2. The van der Waals surface area contributed by atoms with E-state index in [1.165, 1.54) is 26.9 Å². The number of aromatic nitrogens is 13. The minimum Gasteiger partial charge on any atom is -0.483 e. The molecule has 31 heteroatoms. The topological polar surface area (TPSA) is 312 Å². The Bertz CT molecular complexity index is 4270. The summed E-state index contributed by atoms with van der Waals surface area (Å²) in [7, 11) is 7.31. The molecular formula is C70H87N21O10. The first-order valence-corrected chi connectivity index (χ1v) is 34.0. The summed E-state index contributed by atoms with van der Waals surface area (Å²) in [6.07, 6.45) is 15.9. The lowest BCUT2D eigenvalue weighted by Crippen LogP contribution is -2.37. The van der Waals surface area contributed by atoms with E-state index in [0.29, 0.717) is 80.0 Å². The SMILES string of the molecule is C=C(OC)N1CCC(n2ncc3c(N4CCOCC4)nc(CCNC(=O)OC)nc32)CC1.C=C(OC)N1CCC(n2ncc3cnc(-c4ccc(NC(=O)OC)cc4)nc32)CC1.COC(=O)Nc1ccc(-c2nc(N3CCOCC3)c3cnn(C4CCN(Cc5cccnc5)CC4)c3n2)cc1. The first-order chi connectivity index (χ1) is 49.4. The van der Waals surface area contributed by atoms with Gasteiger partial charge in [0, 0.05) is 126 Å². The number of rotatable bonds is 18. The Hall–Kier alpha value is -10.8. The molecule has 3 amide bonds. The van der Waals surface area contributed by atoms with E-state index in [1.807, 2.05) is 82.8 Å². The number of carbonyl (C=O) groups is 3. The number of benzene rings is 2. The van der Waals surface area contributed by atoms with Crippen LogP contribution in [0.3, 0.4) is 0 Å². The normalized spacial score (nSPS) is 16.4. The Morgan fingerprint density at radius 1 is 0.505 bits per heavy atom. The molecule has 0 unspecified atom stereocenters. The number of alkyl carbamates (subject to hydrolysis) is 1. The minimum absolute atomic E-state index is 0.238. The Labute approximate surface area is 584 Å². The van der Waals surface area contributed by atoms with E-state index in [1.54, 1.807) is 32.5 Å². The fourth-order valence-corrected chi connectivity index (χ4v) is 13.1. The standard InChI is InChI=1S/C28H32N8O3.C21H31N7O4.C21H24N6O3/c1-38-28(37)31-22-6-4-21(5-7-22)25-32-26(35-13-15-39-16-14-35)24-18-30-36(27(24)33-25)23-8-11-34(12-9-23)19-20-3-2-10-29-17-20;1-15(30-2)26-8-5-16(6-9-26)28-20-17(14-23-28)19(27-10-12-32-13-11-27)24-18(25-20)4-7-22-21(29)31-3;1-14(29-2)26-10-8-18(9-11-26)27-20-16(13-23-27)12-22-19(25-20)15-4-6-17(7-5-15)24-21(28)30-3/h2-7,10,17-18,23H,8-9,11-16,19H2,1H3,(H,31,37);14,16H,1,4-13H2,2-3H3,(H,22,29);4-7,12-13,18H,1,8-11H2,2-3H3,(H,24,28). The lowest BCUT2D eigenvalue weighted by Gasteiger charge is -2.33. The summed E-state index contributed by atoms with van der Waals surface area (Å²) in [6.45, 7) is 20.4. The fraction of sp³-hybridized carbons (Fsp3) is 0.443. The van der Waals surface area contributed by atoms with Crippen LogP contribution < -0.4 is 25.8 Å². The minimum atomic E-state index is -0.510. The molecule has 0 bridgehead atoms. The zero-order chi connectivity index (χ0) is 70.2. The number of amides is 3. The molecule has 0 atom stereocenters. The van der Waals surface area contributed by atoms with Gasteiger partial charge in [0.05, 0.1) is 115 Å². The number of fused-ring (bicyclic) bond motifs is 3. The third kappa shape index (κ3) is 17.1. The van der Waals surface area contributed by atoms with Crippen molar-refractivity contribution in [3.8, 4) is 22.8 Å². The number of carbonyl (C=O) groups excluding carboxylic acids is 3. The van der Waals surface area contributed by atoms with Gasteiger partial charge < -0.3 is 58.1 Å². The number of morpholine rings is 2. The molecule has 0 spiro atoms. The highest BCUT2D eigenvalue weighted by Crippen LogP contribution is 2.35. The largest absolute Gasteiger partial charge is 0.483 e. The highest BCUT2D eigenvalue weighted by atomic mass is 16.5. The summed E-state index contributed by atoms with van der Waals surface area (Å²) in [5.41, 5.74) is 6.74. The number of likely N-dealkylation sites (tertiary alicyclic amines) is 3. The summed E-state index contributed by atoms with van der Waals surface area (Å²) in [5.74, 6) is 5.07. The maximum Gasteiger partial charge on any atom is 0.411 e. The molecule has 9 aromatic rings. The lowest BCUT2D eigenvalue weighted by molar-refractivity contribution is 0.118. The molecule has 0 aliphatic carbocycles. The van der Waals surface area contributed by atoms with Crippen LogP contribution in [0.1, 0.15) is 68.0 Å². The quantitative estimate of drug-likeness (QED) is 0.0535. The van der Waals surface area contributed by atoms with Gasteiger partial charge >= 0.3 is 18.3 Å². The molecule has 5 fully saturated rings. The number of pyridine rings is 1. The average Bonchev–Trinajstić information content (AvgIpc) is 1.67. The summed E-state index contributed by atoms with van der Waals surface area (Å²) in [6, 6.07) is 19.6. The second-order valence-corrected chi connectivity index (χ2v) is 24.8. The highest BCUT2D eigenvalue weighted by Gasteiger charge is 2.30. The monoisotopic (exact) mass is 1380 g/mol. The molecule has 3 N–H and O–H groups in total. The van der Waals surface area contributed by atoms with Crippen molar-refractivity contribution in [1.29, 1.82) is 0 Å². The van der Waals surface area contributed by atoms with Crippen molar-refractivity contribution < 1.29 is 47.5 Å². The van der Waals surface area contributed by atoms with Crippen LogP contribution >= 0.6 is 0 Å². The van der Waals surface area contributed by atoms with E-state index < -0.39 is 18.3 Å². The molecule has 5 aliphatic heterocycles. The van der Waals surface area contributed by atoms with Crippen molar-refractivity contribution >= 4 is 74.4 Å². The molecule has 532 valence electrons. The van der Waals surface area contributed by atoms with Crippen LogP contribution in [0.5, 0.6) is 0 Å². The number of piperidine rings is 3. The number of hydrogen-bond donors (Lipinski definition) is 3. The molecule has 101 heavy (non-hydrogen) atoms. The van der Waals surface area contributed by atoms with E-state index in [4.69, 9.17) is 58.8 Å². The van der Waals surface area contributed by atoms with E-state index in [2.05, 4.69) is 88.9 Å². The van der Waals surface area contributed by atoms with Crippen LogP contribution in [0.25, 0.3) is 55.9 Å². The van der Waals surface area contributed by atoms with Crippen molar-refractivity contribution in [2.75, 3.05) is 154 Å². The molecule has 14 rings (SSSR count). The van der Waals surface area contributed by atoms with Gasteiger partial charge in [-0.1, -0.05) is 6.07 Å². The summed E-state index contributed by atoms with van der Waals surface area (Å²) in [4.78, 5) is 78.8. The van der Waals surface area contributed by atoms with Crippen LogP contribution in [0.4, 0.5) is 37.4 Å². The molecule has 31 nitrogen and oxygen atoms in total. The van der Waals surface area contributed by atoms with Crippen molar-refractivity contribution in [1.82, 2.24) is 84.2 Å². The van der Waals surface area contributed by atoms with Gasteiger partial charge in [-0.15, -0.1) is 0 Å². The third-order valence-electron chi connectivity index (χ3n) is 18.7. The zero-order valence-electron chi connectivity index (χ0n) is 57.8. The zero-order valence-corrected chi connectivity index (χ0v) is 57.8. The smallest absolute Gasteiger partial charge is 0.411 e. The van der Waals surface area contributed by atoms with Crippen molar-refractivity contribution in [3.63, 3.8) is 0 Å². The Morgan fingerprint density at radius 3 is 1.49 bits per heavy atom. The molecule has 5 saturated heterocycles. The van der Waals surface area contributed by atoms with E-state index in [-0.39, 0.29) is 18.1 Å². The molecular weight excluding hydrogens is 1290 g/mol. The second kappa shape index (κ2) is 33.4. The predicted octanol–water partition coefficient (Wildman–Crippen LogP) is 8.48. The number of anilines is 4. The summed E-state index contributed by atoms with van der Waals surface area (Å²) < 4.78 is 41.7. The molecule has 12 heterocycles. The Morgan fingerprint density at radius 2 is 0.980 bits per heavy atom. The van der Waals surface area contributed by atoms with Gasteiger partial charge in [-0.2, -0.15) is 15.3 Å². The average molecular weight is 1380 g/mol. The molecule has 7 aromatic heterocycles. The summed E-state index contributed by atoms with van der Waals surface area (Å²) in [5, 5.41) is 25.0. The van der Waals surface area contributed by atoms with E-state index in [9.17, 15) is 14.4 Å². The van der Waals surface area contributed by atoms with Gasteiger partial charge in [0.15, 0.2) is 40.4 Å². The van der Waals surface area contributed by atoms with Crippen molar-refractivity contribution in [2.45, 2.75) is 69.6 Å².